The number of aryl methyl sites for hydroxylation is 1. The van der Waals surface area contributed by atoms with Gasteiger partial charge in [0.1, 0.15) is 6.10 Å². The Morgan fingerprint density at radius 3 is 2.62 bits per heavy atom. The van der Waals surface area contributed by atoms with Gasteiger partial charge in [0.15, 0.2) is 11.5 Å². The number of carbonyl (C=O) groups excluding carboxylic acids is 1. The molecule has 0 heterocycles. The van der Waals surface area contributed by atoms with Gasteiger partial charge in [-0.3, -0.25) is 4.79 Å². The first-order chi connectivity index (χ1) is 11.5. The summed E-state index contributed by atoms with van der Waals surface area (Å²) >= 11 is 0. The summed E-state index contributed by atoms with van der Waals surface area (Å²) in [5.41, 5.74) is 0.985. The first-order valence-corrected chi connectivity index (χ1v) is 8.67. The monoisotopic (exact) mass is 338 g/mol. The number of phenolic OH excluding ortho intramolecular Hbond substituents is 1. The zero-order valence-electron chi connectivity index (χ0n) is 15.0. The molecule has 0 amide bonds. The van der Waals surface area contributed by atoms with E-state index in [4.69, 9.17) is 9.47 Å². The molecular weight excluding hydrogens is 308 g/mol. The SMILES string of the molecule is CCCCC[C@@H](C[C@H](O)CCc1ccc(O)c(OC)c1)OC(C)=O. The lowest BCUT2D eigenvalue weighted by atomic mass is 9.99. The molecule has 0 saturated carbocycles. The van der Waals surface area contributed by atoms with Gasteiger partial charge in [-0.25, -0.2) is 0 Å². The van der Waals surface area contributed by atoms with Crippen molar-refractivity contribution < 1.29 is 24.5 Å². The minimum atomic E-state index is -0.532. The zero-order valence-corrected chi connectivity index (χ0v) is 15.0. The number of ether oxygens (including phenoxy) is 2. The average molecular weight is 338 g/mol. The molecule has 0 saturated heterocycles. The van der Waals surface area contributed by atoms with E-state index in [0.717, 1.165) is 31.2 Å². The number of aliphatic hydroxyl groups is 1. The number of hydrogen-bond acceptors (Lipinski definition) is 5. The Morgan fingerprint density at radius 1 is 1.25 bits per heavy atom. The van der Waals surface area contributed by atoms with Crippen LogP contribution in [0.2, 0.25) is 0 Å². The summed E-state index contributed by atoms with van der Waals surface area (Å²) in [5, 5.41) is 19.9. The lowest BCUT2D eigenvalue weighted by Gasteiger charge is -2.20. The molecule has 24 heavy (non-hydrogen) atoms. The first-order valence-electron chi connectivity index (χ1n) is 8.67. The summed E-state index contributed by atoms with van der Waals surface area (Å²) in [6.07, 6.45) is 4.93. The van der Waals surface area contributed by atoms with Crippen LogP contribution in [0.1, 0.15) is 57.9 Å². The van der Waals surface area contributed by atoms with Crippen molar-refractivity contribution in [1.29, 1.82) is 0 Å². The van der Waals surface area contributed by atoms with Gasteiger partial charge in [0.2, 0.25) is 0 Å². The van der Waals surface area contributed by atoms with Crippen molar-refractivity contribution in [1.82, 2.24) is 0 Å². The van der Waals surface area contributed by atoms with Crippen LogP contribution in [0.15, 0.2) is 18.2 Å². The number of benzene rings is 1. The van der Waals surface area contributed by atoms with Crippen LogP contribution in [-0.2, 0) is 16.0 Å². The number of aliphatic hydroxyl groups excluding tert-OH is 1. The van der Waals surface area contributed by atoms with Crippen molar-refractivity contribution in [2.24, 2.45) is 0 Å². The summed E-state index contributed by atoms with van der Waals surface area (Å²) in [6, 6.07) is 5.18. The molecule has 5 heteroatoms. The van der Waals surface area contributed by atoms with E-state index in [1.165, 1.54) is 14.0 Å². The van der Waals surface area contributed by atoms with E-state index in [1.54, 1.807) is 12.1 Å². The highest BCUT2D eigenvalue weighted by molar-refractivity contribution is 5.66. The Morgan fingerprint density at radius 2 is 2.00 bits per heavy atom. The summed E-state index contributed by atoms with van der Waals surface area (Å²) in [5.74, 6) is 0.235. The molecule has 0 aliphatic carbocycles. The van der Waals surface area contributed by atoms with Crippen molar-refractivity contribution in [2.75, 3.05) is 7.11 Å². The second kappa shape index (κ2) is 10.9. The molecule has 5 nitrogen and oxygen atoms in total. The van der Waals surface area contributed by atoms with Crippen LogP contribution in [0.5, 0.6) is 11.5 Å². The molecule has 136 valence electrons. The predicted octanol–water partition coefficient (Wildman–Crippen LogP) is 3.60. The lowest BCUT2D eigenvalue weighted by molar-refractivity contribution is -0.148. The maximum Gasteiger partial charge on any atom is 0.302 e. The summed E-state index contributed by atoms with van der Waals surface area (Å²) in [4.78, 5) is 11.2. The second-order valence-corrected chi connectivity index (χ2v) is 6.16. The van der Waals surface area contributed by atoms with Crippen LogP contribution in [0.3, 0.4) is 0 Å². The molecule has 1 rings (SSSR count). The molecule has 0 unspecified atom stereocenters. The molecular formula is C19H30O5. The molecule has 0 fully saturated rings. The molecule has 0 aromatic heterocycles. The van der Waals surface area contributed by atoms with Crippen molar-refractivity contribution in [3.05, 3.63) is 23.8 Å². The molecule has 0 aliphatic rings. The van der Waals surface area contributed by atoms with Crippen LogP contribution in [-0.4, -0.2) is 35.5 Å². The number of carbonyl (C=O) groups is 1. The molecule has 1 aromatic rings. The van der Waals surface area contributed by atoms with Crippen molar-refractivity contribution in [3.8, 4) is 11.5 Å². The van der Waals surface area contributed by atoms with Gasteiger partial charge in [0.25, 0.3) is 0 Å². The Balaban J connectivity index is 2.49. The number of phenols is 1. The molecule has 0 spiro atoms. The molecule has 0 radical (unpaired) electrons. The van der Waals surface area contributed by atoms with E-state index in [9.17, 15) is 15.0 Å². The van der Waals surface area contributed by atoms with E-state index in [1.807, 2.05) is 6.07 Å². The highest BCUT2D eigenvalue weighted by atomic mass is 16.5. The highest BCUT2D eigenvalue weighted by Crippen LogP contribution is 2.27. The molecule has 2 atom stereocenters. The standard InChI is InChI=1S/C19H30O5/c1-4-5-6-7-17(24-14(2)20)13-16(21)10-8-15-9-11-18(22)19(12-15)23-3/h9,11-12,16-17,21-22H,4-8,10,13H2,1-3H3/t16-,17+/m1/s1. The molecule has 2 N–H and O–H groups in total. The summed E-state index contributed by atoms with van der Waals surface area (Å²) < 4.78 is 10.4. The average Bonchev–Trinajstić information content (AvgIpc) is 2.53. The fourth-order valence-electron chi connectivity index (χ4n) is 2.71. The van der Waals surface area contributed by atoms with Gasteiger partial charge in [0.05, 0.1) is 13.2 Å². The van der Waals surface area contributed by atoms with Crippen LogP contribution < -0.4 is 4.74 Å². The molecule has 0 bridgehead atoms. The fourth-order valence-corrected chi connectivity index (χ4v) is 2.71. The van der Waals surface area contributed by atoms with E-state index in [0.29, 0.717) is 25.0 Å². The van der Waals surface area contributed by atoms with E-state index in [-0.39, 0.29) is 17.8 Å². The van der Waals surface area contributed by atoms with Crippen LogP contribution in [0, 0.1) is 0 Å². The van der Waals surface area contributed by atoms with Gasteiger partial charge in [-0.05, 0) is 43.4 Å². The first kappa shape index (κ1) is 20.3. The third kappa shape index (κ3) is 7.68. The van der Waals surface area contributed by atoms with Gasteiger partial charge < -0.3 is 19.7 Å². The Kier molecular flexibility index (Phi) is 9.23. The van der Waals surface area contributed by atoms with Crippen molar-refractivity contribution in [3.63, 3.8) is 0 Å². The van der Waals surface area contributed by atoms with Gasteiger partial charge in [-0.2, -0.15) is 0 Å². The Hall–Kier alpha value is -1.75. The van der Waals surface area contributed by atoms with E-state index < -0.39 is 6.10 Å². The predicted molar refractivity (Wildman–Crippen MR) is 93.3 cm³/mol. The van der Waals surface area contributed by atoms with Gasteiger partial charge in [-0.15, -0.1) is 0 Å². The number of rotatable bonds is 11. The van der Waals surface area contributed by atoms with Crippen molar-refractivity contribution in [2.45, 2.75) is 71.0 Å². The highest BCUT2D eigenvalue weighted by Gasteiger charge is 2.17. The fraction of sp³-hybridized carbons (Fsp3) is 0.632. The maximum atomic E-state index is 11.2. The maximum absolute atomic E-state index is 11.2. The molecule has 0 aliphatic heterocycles. The third-order valence-corrected chi connectivity index (χ3v) is 4.01. The Bertz CT molecular complexity index is 501. The number of esters is 1. The van der Waals surface area contributed by atoms with Gasteiger partial charge >= 0.3 is 5.97 Å². The van der Waals surface area contributed by atoms with Crippen LogP contribution in [0.25, 0.3) is 0 Å². The van der Waals surface area contributed by atoms with Crippen molar-refractivity contribution >= 4 is 5.97 Å². The number of aromatic hydroxyl groups is 1. The minimum absolute atomic E-state index is 0.104. The number of unbranched alkanes of at least 4 members (excludes halogenated alkanes) is 2. The second-order valence-electron chi connectivity index (χ2n) is 6.16. The minimum Gasteiger partial charge on any atom is -0.504 e. The number of hydrogen-bond donors (Lipinski definition) is 2. The van der Waals surface area contributed by atoms with Crippen LogP contribution >= 0.6 is 0 Å². The Labute approximate surface area is 144 Å². The van der Waals surface area contributed by atoms with Gasteiger partial charge in [0, 0.05) is 13.3 Å². The summed E-state index contributed by atoms with van der Waals surface area (Å²) in [7, 11) is 1.51. The van der Waals surface area contributed by atoms with E-state index >= 15 is 0 Å². The molecule has 1 aromatic carbocycles. The van der Waals surface area contributed by atoms with Gasteiger partial charge in [-0.1, -0.05) is 25.8 Å². The zero-order chi connectivity index (χ0) is 17.9. The lowest BCUT2D eigenvalue weighted by Crippen LogP contribution is -2.23. The normalized spacial score (nSPS) is 13.3. The topological polar surface area (TPSA) is 76.0 Å². The van der Waals surface area contributed by atoms with E-state index in [2.05, 4.69) is 6.92 Å². The van der Waals surface area contributed by atoms with Crippen LogP contribution in [0.4, 0.5) is 0 Å². The number of methoxy groups -OCH3 is 1. The summed E-state index contributed by atoms with van der Waals surface area (Å²) in [6.45, 7) is 3.53. The quantitative estimate of drug-likeness (QED) is 0.476. The smallest absolute Gasteiger partial charge is 0.302 e. The largest absolute Gasteiger partial charge is 0.504 e. The third-order valence-electron chi connectivity index (χ3n) is 4.01.